The third kappa shape index (κ3) is 10.8. The second-order valence-electron chi connectivity index (χ2n) is 8.62. The maximum absolute atomic E-state index is 13.7. The highest BCUT2D eigenvalue weighted by molar-refractivity contribution is 5.72. The third-order valence-electron chi connectivity index (χ3n) is 5.69. The van der Waals surface area contributed by atoms with E-state index in [0.29, 0.717) is 25.7 Å². The van der Waals surface area contributed by atoms with E-state index in [-0.39, 0.29) is 0 Å². The van der Waals surface area contributed by atoms with Crippen LogP contribution in [0.15, 0.2) is 0 Å². The number of carbonyl (C=O) groups is 1. The van der Waals surface area contributed by atoms with E-state index >= 15 is 0 Å². The Morgan fingerprint density at radius 3 is 1.48 bits per heavy atom. The van der Waals surface area contributed by atoms with Crippen LogP contribution < -0.4 is 0 Å². The molecule has 0 heterocycles. The zero-order chi connectivity index (χ0) is 25.5. The fourth-order valence-corrected chi connectivity index (χ4v) is 3.47. The van der Waals surface area contributed by atoms with Gasteiger partial charge in [-0.05, 0) is 12.8 Å². The summed E-state index contributed by atoms with van der Waals surface area (Å²) >= 11 is 0. The van der Waals surface area contributed by atoms with Gasteiger partial charge in [-0.1, -0.05) is 90.9 Å². The Hall–Kier alpha value is -1.09. The lowest BCUT2D eigenvalue weighted by atomic mass is 9.94. The molecule has 0 rings (SSSR count). The Morgan fingerprint density at radius 2 is 1.09 bits per heavy atom. The van der Waals surface area contributed by atoms with Crippen LogP contribution >= 0.6 is 0 Å². The molecule has 0 N–H and O–H groups in total. The van der Waals surface area contributed by atoms with E-state index in [1.165, 1.54) is 0 Å². The first kappa shape index (κ1) is 31.9. The smallest absolute Gasteiger partial charge is 0.381 e. The van der Waals surface area contributed by atoms with Gasteiger partial charge in [0.2, 0.25) is 0 Å². The minimum Gasteiger partial charge on any atom is -0.459 e. The van der Waals surface area contributed by atoms with E-state index in [1.54, 1.807) is 0 Å². The monoisotopic (exact) mass is 498 g/mol. The number of hydrogen-bond acceptors (Lipinski definition) is 2. The van der Waals surface area contributed by atoms with E-state index in [4.69, 9.17) is 0 Å². The summed E-state index contributed by atoms with van der Waals surface area (Å²) in [5.74, 6) is -20.3. The highest BCUT2D eigenvalue weighted by atomic mass is 19.4. The van der Waals surface area contributed by atoms with Crippen LogP contribution in [0.2, 0.25) is 0 Å². The van der Waals surface area contributed by atoms with E-state index in [2.05, 4.69) is 11.7 Å². The van der Waals surface area contributed by atoms with Crippen molar-refractivity contribution in [2.24, 2.45) is 5.92 Å². The molecule has 0 spiro atoms. The summed E-state index contributed by atoms with van der Waals surface area (Å²) in [6.07, 6.45) is 6.59. The van der Waals surface area contributed by atoms with Gasteiger partial charge >= 0.3 is 30.2 Å². The molecule has 0 aromatic carbocycles. The van der Waals surface area contributed by atoms with Crippen LogP contribution in [0.1, 0.15) is 104 Å². The van der Waals surface area contributed by atoms with Crippen molar-refractivity contribution in [2.75, 3.05) is 6.61 Å². The first-order chi connectivity index (χ1) is 15.3. The quantitative estimate of drug-likeness (QED) is 0.0952. The molecule has 10 heteroatoms. The van der Waals surface area contributed by atoms with Gasteiger partial charge < -0.3 is 4.74 Å². The zero-order valence-electron chi connectivity index (χ0n) is 19.6. The van der Waals surface area contributed by atoms with Crippen LogP contribution in [0.4, 0.5) is 35.1 Å². The molecular formula is C23H38F8O2. The molecule has 198 valence electrons. The molecule has 0 radical (unpaired) electrons. The summed E-state index contributed by atoms with van der Waals surface area (Å²) in [5.41, 5.74) is 0. The standard InChI is InChI=1S/C23H38F8O2/c1-3-5-7-9-10-12-14-16-18(15-13-11-8-6-4-2)19(32)33-17-21(26,27)23(30,31)22(28,29)20(24)25/h18,20H,3-17H2,1-2H3. The van der Waals surface area contributed by atoms with Gasteiger partial charge in [-0.3, -0.25) is 4.79 Å². The van der Waals surface area contributed by atoms with E-state index in [0.717, 1.165) is 64.2 Å². The van der Waals surface area contributed by atoms with Crippen molar-refractivity contribution in [1.29, 1.82) is 0 Å². The lowest BCUT2D eigenvalue weighted by Gasteiger charge is -2.32. The average Bonchev–Trinajstić information content (AvgIpc) is 2.74. The molecule has 0 aliphatic rings. The molecule has 0 aromatic heterocycles. The number of rotatable bonds is 20. The van der Waals surface area contributed by atoms with Crippen molar-refractivity contribution in [3.05, 3.63) is 0 Å². The number of esters is 1. The van der Waals surface area contributed by atoms with Crippen LogP contribution in [-0.4, -0.2) is 36.8 Å². The number of carbonyl (C=O) groups excluding carboxylic acids is 1. The largest absolute Gasteiger partial charge is 0.459 e. The molecule has 0 saturated carbocycles. The van der Waals surface area contributed by atoms with Crippen molar-refractivity contribution >= 4 is 5.97 Å². The summed E-state index contributed by atoms with van der Waals surface area (Å²) < 4.78 is 109. The molecule has 0 fully saturated rings. The Balaban J connectivity index is 4.89. The van der Waals surface area contributed by atoms with Gasteiger partial charge in [0.1, 0.15) is 0 Å². The predicted molar refractivity (Wildman–Crippen MR) is 111 cm³/mol. The number of alkyl halides is 8. The Labute approximate surface area is 191 Å². The fraction of sp³-hybridized carbons (Fsp3) is 0.957. The first-order valence-electron chi connectivity index (χ1n) is 11.9. The van der Waals surface area contributed by atoms with Crippen molar-refractivity contribution in [3.63, 3.8) is 0 Å². The highest BCUT2D eigenvalue weighted by Crippen LogP contribution is 2.48. The number of unbranched alkanes of at least 4 members (excludes halogenated alkanes) is 10. The lowest BCUT2D eigenvalue weighted by molar-refractivity contribution is -0.344. The number of halogens is 8. The number of hydrogen-bond donors (Lipinski definition) is 0. The Bertz CT molecular complexity index is 527. The molecule has 33 heavy (non-hydrogen) atoms. The van der Waals surface area contributed by atoms with Gasteiger partial charge in [-0.25, -0.2) is 8.78 Å². The second-order valence-corrected chi connectivity index (χ2v) is 8.62. The third-order valence-corrected chi connectivity index (χ3v) is 5.69. The molecule has 0 aliphatic heterocycles. The van der Waals surface area contributed by atoms with Crippen LogP contribution in [0.25, 0.3) is 0 Å². The average molecular weight is 499 g/mol. The zero-order valence-corrected chi connectivity index (χ0v) is 19.6. The SMILES string of the molecule is CCCCCCCCCC(CCCCCCC)C(=O)OCC(F)(F)C(F)(F)C(F)(F)C(F)F. The maximum Gasteiger partial charge on any atom is 0.381 e. The van der Waals surface area contributed by atoms with E-state index in [1.807, 2.05) is 6.92 Å². The molecular weight excluding hydrogens is 460 g/mol. The fourth-order valence-electron chi connectivity index (χ4n) is 3.47. The van der Waals surface area contributed by atoms with Gasteiger partial charge in [0.15, 0.2) is 6.61 Å². The van der Waals surface area contributed by atoms with E-state index in [9.17, 15) is 39.9 Å². The van der Waals surface area contributed by atoms with Gasteiger partial charge in [-0.2, -0.15) is 26.3 Å². The van der Waals surface area contributed by atoms with Crippen molar-refractivity contribution < 1.29 is 44.7 Å². The summed E-state index contributed by atoms with van der Waals surface area (Å²) in [6.45, 7) is 1.73. The molecule has 0 aromatic rings. The lowest BCUT2D eigenvalue weighted by Crippen LogP contribution is -2.59. The summed E-state index contributed by atoms with van der Waals surface area (Å²) in [4.78, 5) is 12.3. The molecule has 0 bridgehead atoms. The van der Waals surface area contributed by atoms with Gasteiger partial charge in [0.25, 0.3) is 0 Å². The first-order valence-corrected chi connectivity index (χ1v) is 11.9. The molecule has 0 amide bonds. The molecule has 2 nitrogen and oxygen atoms in total. The topological polar surface area (TPSA) is 26.3 Å². The predicted octanol–water partition coefficient (Wildman–Crippen LogP) is 8.82. The van der Waals surface area contributed by atoms with Crippen molar-refractivity contribution in [3.8, 4) is 0 Å². The molecule has 1 atom stereocenters. The van der Waals surface area contributed by atoms with Gasteiger partial charge in [0, 0.05) is 0 Å². The van der Waals surface area contributed by atoms with Crippen molar-refractivity contribution in [1.82, 2.24) is 0 Å². The second kappa shape index (κ2) is 15.7. The highest BCUT2D eigenvalue weighted by Gasteiger charge is 2.75. The number of ether oxygens (including phenoxy) is 1. The molecule has 0 aliphatic carbocycles. The molecule has 0 saturated heterocycles. The Morgan fingerprint density at radius 1 is 0.697 bits per heavy atom. The normalized spacial score (nSPS) is 14.0. The minimum atomic E-state index is -6.37. The summed E-state index contributed by atoms with van der Waals surface area (Å²) in [5, 5.41) is 0. The van der Waals surface area contributed by atoms with Gasteiger partial charge in [0.05, 0.1) is 5.92 Å². The Kier molecular flexibility index (Phi) is 15.2. The van der Waals surface area contributed by atoms with Crippen LogP contribution in [-0.2, 0) is 9.53 Å². The van der Waals surface area contributed by atoms with Crippen LogP contribution in [0.3, 0.4) is 0 Å². The summed E-state index contributed by atoms with van der Waals surface area (Å²) in [6, 6.07) is 0. The maximum atomic E-state index is 13.7. The van der Waals surface area contributed by atoms with Crippen LogP contribution in [0, 0.1) is 5.92 Å². The minimum absolute atomic E-state index is 0.299. The summed E-state index contributed by atoms with van der Waals surface area (Å²) in [7, 11) is 0. The van der Waals surface area contributed by atoms with Gasteiger partial charge in [-0.15, -0.1) is 0 Å². The van der Waals surface area contributed by atoms with E-state index < -0.39 is 42.7 Å². The molecule has 1 unspecified atom stereocenters. The van der Waals surface area contributed by atoms with Crippen LogP contribution in [0.5, 0.6) is 0 Å². The van der Waals surface area contributed by atoms with Crippen molar-refractivity contribution in [2.45, 2.75) is 128 Å².